The lowest BCUT2D eigenvalue weighted by atomic mass is 10.1. The Labute approximate surface area is 104 Å². The molecule has 3 heteroatoms. The van der Waals surface area contributed by atoms with Crippen LogP contribution < -0.4 is 5.32 Å². The molecule has 1 N–H and O–H groups in total. The van der Waals surface area contributed by atoms with Crippen LogP contribution in [-0.2, 0) is 6.42 Å². The Kier molecular flexibility index (Phi) is 3.75. The van der Waals surface area contributed by atoms with E-state index in [0.29, 0.717) is 6.04 Å². The fourth-order valence-corrected chi connectivity index (χ4v) is 3.79. The van der Waals surface area contributed by atoms with Crippen molar-refractivity contribution in [3.8, 4) is 0 Å². The third-order valence-electron chi connectivity index (χ3n) is 2.87. The second-order valence-electron chi connectivity index (χ2n) is 4.12. The Morgan fingerprint density at radius 1 is 1.60 bits per heavy atom. The molecule has 0 amide bonds. The van der Waals surface area contributed by atoms with Crippen LogP contribution in [0.3, 0.4) is 0 Å². The molecule has 0 fully saturated rings. The van der Waals surface area contributed by atoms with Gasteiger partial charge in [0.1, 0.15) is 0 Å². The molecule has 0 saturated heterocycles. The smallest absolute Gasteiger partial charge is 0.0178 e. The van der Waals surface area contributed by atoms with Gasteiger partial charge in [-0.05, 0) is 50.6 Å². The maximum Gasteiger partial charge on any atom is 0.0178 e. The van der Waals surface area contributed by atoms with Crippen molar-refractivity contribution < 1.29 is 0 Å². The third-order valence-corrected chi connectivity index (χ3v) is 4.71. The average molecular weight is 286 g/mol. The number of halogens is 1. The molecule has 0 aliphatic carbocycles. The van der Waals surface area contributed by atoms with Gasteiger partial charge in [-0.25, -0.2) is 0 Å². The Balaban J connectivity index is 2.03. The topological polar surface area (TPSA) is 12.0 Å². The quantitative estimate of drug-likeness (QED) is 0.913. The molecule has 2 unspecified atom stereocenters. The Morgan fingerprint density at radius 3 is 3.13 bits per heavy atom. The van der Waals surface area contributed by atoms with Crippen molar-refractivity contribution >= 4 is 27.7 Å². The van der Waals surface area contributed by atoms with Crippen molar-refractivity contribution in [1.29, 1.82) is 0 Å². The molecule has 1 heterocycles. The number of fused-ring (bicyclic) bond motifs is 1. The van der Waals surface area contributed by atoms with E-state index in [1.54, 1.807) is 0 Å². The standard InChI is InChI=1S/C12H16BrNS/c1-8(14-2)5-11-7-9-6-10(13)3-4-12(9)15-11/h3-4,6,8,11,14H,5,7H2,1-2H3. The second kappa shape index (κ2) is 4.89. The largest absolute Gasteiger partial charge is 0.317 e. The van der Waals surface area contributed by atoms with E-state index in [4.69, 9.17) is 0 Å². The summed E-state index contributed by atoms with van der Waals surface area (Å²) in [5, 5.41) is 4.05. The molecular formula is C12H16BrNS. The minimum atomic E-state index is 0.611. The highest BCUT2D eigenvalue weighted by molar-refractivity contribution is 9.10. The van der Waals surface area contributed by atoms with Gasteiger partial charge in [-0.3, -0.25) is 0 Å². The van der Waals surface area contributed by atoms with Crippen molar-refractivity contribution in [3.63, 3.8) is 0 Å². The number of hydrogen-bond donors (Lipinski definition) is 1. The van der Waals surface area contributed by atoms with E-state index in [0.717, 1.165) is 5.25 Å². The SMILES string of the molecule is CNC(C)CC1Cc2cc(Br)ccc2S1. The fraction of sp³-hybridized carbons (Fsp3) is 0.500. The molecular weight excluding hydrogens is 270 g/mol. The van der Waals surface area contributed by atoms with Gasteiger partial charge in [0, 0.05) is 20.7 Å². The summed E-state index contributed by atoms with van der Waals surface area (Å²) < 4.78 is 1.20. The van der Waals surface area contributed by atoms with Gasteiger partial charge in [0.15, 0.2) is 0 Å². The molecule has 0 spiro atoms. The molecule has 0 aromatic heterocycles. The highest BCUT2D eigenvalue weighted by Crippen LogP contribution is 2.39. The first kappa shape index (κ1) is 11.5. The summed E-state index contributed by atoms with van der Waals surface area (Å²) >= 11 is 5.56. The average Bonchev–Trinajstić information content (AvgIpc) is 2.59. The third kappa shape index (κ3) is 2.77. The van der Waals surface area contributed by atoms with Crippen LogP contribution in [0.15, 0.2) is 27.6 Å². The van der Waals surface area contributed by atoms with E-state index in [2.05, 4.69) is 46.4 Å². The first-order valence-corrected chi connectivity index (χ1v) is 6.98. The lowest BCUT2D eigenvalue weighted by Crippen LogP contribution is -2.25. The summed E-state index contributed by atoms with van der Waals surface area (Å²) in [4.78, 5) is 1.46. The van der Waals surface area contributed by atoms with Gasteiger partial charge in [0.2, 0.25) is 0 Å². The van der Waals surface area contributed by atoms with E-state index in [-0.39, 0.29) is 0 Å². The van der Waals surface area contributed by atoms with Crippen LogP contribution in [0.5, 0.6) is 0 Å². The van der Waals surface area contributed by atoms with Crippen LogP contribution in [0, 0.1) is 0 Å². The molecule has 1 aromatic carbocycles. The Hall–Kier alpha value is 0.01000. The van der Waals surface area contributed by atoms with Gasteiger partial charge in [0.25, 0.3) is 0 Å². The Morgan fingerprint density at radius 2 is 2.40 bits per heavy atom. The molecule has 1 nitrogen and oxygen atoms in total. The molecule has 0 radical (unpaired) electrons. The predicted molar refractivity (Wildman–Crippen MR) is 70.6 cm³/mol. The van der Waals surface area contributed by atoms with Crippen molar-refractivity contribution in [3.05, 3.63) is 28.2 Å². The molecule has 1 aromatic rings. The Bertz CT molecular complexity index is 353. The summed E-state index contributed by atoms with van der Waals surface area (Å²) in [6, 6.07) is 7.23. The number of nitrogens with one attached hydrogen (secondary N) is 1. The van der Waals surface area contributed by atoms with E-state index < -0.39 is 0 Å². The molecule has 1 aliphatic heterocycles. The zero-order chi connectivity index (χ0) is 10.8. The van der Waals surface area contributed by atoms with E-state index in [1.807, 2.05) is 18.8 Å². The highest BCUT2D eigenvalue weighted by Gasteiger charge is 2.23. The molecule has 0 saturated carbocycles. The second-order valence-corrected chi connectivity index (χ2v) is 6.38. The summed E-state index contributed by atoms with van der Waals surface area (Å²) in [6.45, 7) is 2.25. The number of benzene rings is 1. The summed E-state index contributed by atoms with van der Waals surface area (Å²) in [7, 11) is 2.04. The van der Waals surface area contributed by atoms with Gasteiger partial charge in [-0.15, -0.1) is 11.8 Å². The van der Waals surface area contributed by atoms with Gasteiger partial charge in [-0.1, -0.05) is 15.9 Å². The van der Waals surface area contributed by atoms with Crippen molar-refractivity contribution in [2.24, 2.45) is 0 Å². The van der Waals surface area contributed by atoms with E-state index >= 15 is 0 Å². The van der Waals surface area contributed by atoms with Gasteiger partial charge in [0.05, 0.1) is 0 Å². The minimum Gasteiger partial charge on any atom is -0.317 e. The number of hydrogen-bond acceptors (Lipinski definition) is 2. The van der Waals surface area contributed by atoms with Crippen molar-refractivity contribution in [2.75, 3.05) is 7.05 Å². The zero-order valence-corrected chi connectivity index (χ0v) is 11.5. The van der Waals surface area contributed by atoms with Gasteiger partial charge < -0.3 is 5.32 Å². The maximum absolute atomic E-state index is 3.53. The minimum absolute atomic E-state index is 0.611. The monoisotopic (exact) mass is 285 g/mol. The number of thioether (sulfide) groups is 1. The van der Waals surface area contributed by atoms with E-state index in [9.17, 15) is 0 Å². The fourth-order valence-electron chi connectivity index (χ4n) is 1.93. The van der Waals surface area contributed by atoms with Crippen molar-refractivity contribution in [1.82, 2.24) is 5.32 Å². The van der Waals surface area contributed by atoms with E-state index in [1.165, 1.54) is 27.8 Å². The van der Waals surface area contributed by atoms with Crippen LogP contribution in [0.2, 0.25) is 0 Å². The first-order valence-electron chi connectivity index (χ1n) is 5.31. The van der Waals surface area contributed by atoms with Gasteiger partial charge in [-0.2, -0.15) is 0 Å². The molecule has 82 valence electrons. The summed E-state index contributed by atoms with van der Waals surface area (Å²) in [5.74, 6) is 0. The molecule has 2 atom stereocenters. The van der Waals surface area contributed by atoms with Crippen LogP contribution in [0.4, 0.5) is 0 Å². The first-order chi connectivity index (χ1) is 7.19. The molecule has 2 rings (SSSR count). The van der Waals surface area contributed by atoms with Crippen LogP contribution in [0.25, 0.3) is 0 Å². The zero-order valence-electron chi connectivity index (χ0n) is 9.09. The van der Waals surface area contributed by atoms with Crippen LogP contribution in [0.1, 0.15) is 18.9 Å². The predicted octanol–water partition coefficient (Wildman–Crippen LogP) is 3.46. The maximum atomic E-state index is 3.53. The lowest BCUT2D eigenvalue weighted by molar-refractivity contribution is 0.553. The van der Waals surface area contributed by atoms with Gasteiger partial charge >= 0.3 is 0 Å². The summed E-state index contributed by atoms with van der Waals surface area (Å²) in [5.41, 5.74) is 1.50. The van der Waals surface area contributed by atoms with Crippen LogP contribution >= 0.6 is 27.7 Å². The molecule has 1 aliphatic rings. The van der Waals surface area contributed by atoms with Crippen LogP contribution in [-0.4, -0.2) is 18.3 Å². The summed E-state index contributed by atoms with van der Waals surface area (Å²) in [6.07, 6.45) is 2.46. The van der Waals surface area contributed by atoms with Crippen molar-refractivity contribution in [2.45, 2.75) is 36.0 Å². The number of rotatable bonds is 3. The molecule has 15 heavy (non-hydrogen) atoms. The normalized spacial score (nSPS) is 21.4. The molecule has 0 bridgehead atoms. The highest BCUT2D eigenvalue weighted by atomic mass is 79.9. The lowest BCUT2D eigenvalue weighted by Gasteiger charge is -2.14.